The van der Waals surface area contributed by atoms with Gasteiger partial charge in [0.15, 0.2) is 0 Å². The van der Waals surface area contributed by atoms with Gasteiger partial charge in [-0.2, -0.15) is 0 Å². The quantitative estimate of drug-likeness (QED) is 0.791. The summed E-state index contributed by atoms with van der Waals surface area (Å²) in [5, 5.41) is 5.06. The van der Waals surface area contributed by atoms with E-state index in [1.54, 1.807) is 19.4 Å². The number of fused-ring (bicyclic) bond motifs is 1. The third-order valence-electron chi connectivity index (χ3n) is 3.57. The van der Waals surface area contributed by atoms with Crippen LogP contribution in [0.15, 0.2) is 54.9 Å². The molecule has 106 valence electrons. The van der Waals surface area contributed by atoms with Crippen molar-refractivity contribution in [2.45, 2.75) is 6.04 Å². The Morgan fingerprint density at radius 1 is 1.00 bits per heavy atom. The van der Waals surface area contributed by atoms with Gasteiger partial charge in [-0.15, -0.1) is 0 Å². The molecule has 0 spiro atoms. The Balaban J connectivity index is 2.18. The molecule has 3 aromatic rings. The van der Waals surface area contributed by atoms with Crippen LogP contribution in [0, 0.1) is 11.6 Å². The second-order valence-electron chi connectivity index (χ2n) is 4.84. The van der Waals surface area contributed by atoms with Crippen LogP contribution in [-0.2, 0) is 0 Å². The summed E-state index contributed by atoms with van der Waals surface area (Å²) in [7, 11) is 1.75. The van der Waals surface area contributed by atoms with E-state index < -0.39 is 11.6 Å². The zero-order valence-electron chi connectivity index (χ0n) is 11.5. The zero-order valence-corrected chi connectivity index (χ0v) is 11.5. The van der Waals surface area contributed by atoms with Crippen LogP contribution in [0.5, 0.6) is 0 Å². The molecule has 0 aliphatic heterocycles. The number of pyridine rings is 1. The normalized spacial score (nSPS) is 12.5. The molecule has 2 nitrogen and oxygen atoms in total. The van der Waals surface area contributed by atoms with Crippen molar-refractivity contribution in [2.75, 3.05) is 7.05 Å². The number of nitrogens with one attached hydrogen (secondary N) is 1. The van der Waals surface area contributed by atoms with E-state index >= 15 is 0 Å². The maximum Gasteiger partial charge on any atom is 0.131 e. The molecule has 1 heterocycles. The fourth-order valence-corrected chi connectivity index (χ4v) is 2.58. The molecule has 0 radical (unpaired) electrons. The van der Waals surface area contributed by atoms with Crippen LogP contribution in [0.2, 0.25) is 0 Å². The van der Waals surface area contributed by atoms with Crippen LogP contribution >= 0.6 is 0 Å². The highest BCUT2D eigenvalue weighted by Gasteiger charge is 2.19. The van der Waals surface area contributed by atoms with Gasteiger partial charge in [0.2, 0.25) is 0 Å². The summed E-state index contributed by atoms with van der Waals surface area (Å²) < 4.78 is 27.2. The number of rotatable bonds is 3. The Morgan fingerprint density at radius 2 is 1.81 bits per heavy atom. The third kappa shape index (κ3) is 2.50. The van der Waals surface area contributed by atoms with E-state index in [0.29, 0.717) is 5.56 Å². The molecule has 1 aromatic heterocycles. The van der Waals surface area contributed by atoms with Crippen LogP contribution in [0.3, 0.4) is 0 Å². The van der Waals surface area contributed by atoms with E-state index in [0.717, 1.165) is 22.4 Å². The van der Waals surface area contributed by atoms with Gasteiger partial charge in [-0.05, 0) is 24.1 Å². The molecule has 4 heteroatoms. The van der Waals surface area contributed by atoms with Gasteiger partial charge < -0.3 is 5.32 Å². The van der Waals surface area contributed by atoms with Gasteiger partial charge in [-0.3, -0.25) is 4.98 Å². The maximum absolute atomic E-state index is 14.1. The summed E-state index contributed by atoms with van der Waals surface area (Å²) in [6, 6.07) is 11.0. The molecular formula is C17H14F2N2. The Hall–Kier alpha value is -2.33. The third-order valence-corrected chi connectivity index (χ3v) is 3.57. The first kappa shape index (κ1) is 13.6. The number of benzene rings is 2. The standard InChI is InChI=1S/C17H14F2N2/c1-20-17(14-7-6-12(18)8-16(14)19)15-10-21-9-11-4-2-3-5-13(11)15/h2-10,17,20H,1H3. The van der Waals surface area contributed by atoms with Gasteiger partial charge in [0.25, 0.3) is 0 Å². The molecule has 1 unspecified atom stereocenters. The fraction of sp³-hybridized carbons (Fsp3) is 0.118. The molecule has 1 atom stereocenters. The van der Waals surface area contributed by atoms with Crippen LogP contribution in [-0.4, -0.2) is 12.0 Å². The first-order chi connectivity index (χ1) is 10.2. The minimum absolute atomic E-state index is 0.385. The first-order valence-corrected chi connectivity index (χ1v) is 6.65. The Bertz CT molecular complexity index is 781. The van der Waals surface area contributed by atoms with Crippen molar-refractivity contribution >= 4 is 10.8 Å². The second kappa shape index (κ2) is 5.58. The lowest BCUT2D eigenvalue weighted by molar-refractivity contribution is 0.552. The topological polar surface area (TPSA) is 24.9 Å². The summed E-state index contributed by atoms with van der Waals surface area (Å²) in [5.74, 6) is -1.15. The molecule has 2 aromatic carbocycles. The van der Waals surface area contributed by atoms with Gasteiger partial charge in [0.05, 0.1) is 6.04 Å². The minimum Gasteiger partial charge on any atom is -0.309 e. The molecule has 0 bridgehead atoms. The van der Waals surface area contributed by atoms with Gasteiger partial charge in [-0.1, -0.05) is 30.3 Å². The van der Waals surface area contributed by atoms with Crippen LogP contribution in [0.1, 0.15) is 17.2 Å². The van der Waals surface area contributed by atoms with E-state index in [9.17, 15) is 8.78 Å². The number of nitrogens with zero attached hydrogens (tertiary/aromatic N) is 1. The molecule has 0 saturated heterocycles. The highest BCUT2D eigenvalue weighted by Crippen LogP contribution is 2.29. The number of hydrogen-bond acceptors (Lipinski definition) is 2. The lowest BCUT2D eigenvalue weighted by Crippen LogP contribution is -2.19. The van der Waals surface area contributed by atoms with Crippen molar-refractivity contribution in [3.05, 3.63) is 77.6 Å². The van der Waals surface area contributed by atoms with E-state index in [2.05, 4.69) is 10.3 Å². The average Bonchev–Trinajstić information content (AvgIpc) is 2.50. The van der Waals surface area contributed by atoms with Gasteiger partial charge >= 0.3 is 0 Å². The minimum atomic E-state index is -0.581. The molecule has 21 heavy (non-hydrogen) atoms. The van der Waals surface area contributed by atoms with E-state index in [1.807, 2.05) is 24.3 Å². The van der Waals surface area contributed by atoms with Gasteiger partial charge in [0, 0.05) is 29.4 Å². The Labute approximate surface area is 121 Å². The summed E-state index contributed by atoms with van der Waals surface area (Å²) in [5.41, 5.74) is 1.26. The largest absolute Gasteiger partial charge is 0.309 e. The number of halogens is 2. The van der Waals surface area contributed by atoms with Gasteiger partial charge in [-0.25, -0.2) is 8.78 Å². The second-order valence-corrected chi connectivity index (χ2v) is 4.84. The molecular weight excluding hydrogens is 270 g/mol. The highest BCUT2D eigenvalue weighted by molar-refractivity contribution is 5.85. The van der Waals surface area contributed by atoms with E-state index in [4.69, 9.17) is 0 Å². The summed E-state index contributed by atoms with van der Waals surface area (Å²) in [4.78, 5) is 4.22. The number of aromatic nitrogens is 1. The smallest absolute Gasteiger partial charge is 0.131 e. The predicted molar refractivity (Wildman–Crippen MR) is 79.0 cm³/mol. The van der Waals surface area contributed by atoms with Gasteiger partial charge in [0.1, 0.15) is 11.6 Å². The van der Waals surface area contributed by atoms with Crippen LogP contribution in [0.25, 0.3) is 10.8 Å². The van der Waals surface area contributed by atoms with Crippen LogP contribution < -0.4 is 5.32 Å². The van der Waals surface area contributed by atoms with Crippen molar-refractivity contribution in [3.63, 3.8) is 0 Å². The molecule has 0 fully saturated rings. The molecule has 0 aliphatic rings. The zero-order chi connectivity index (χ0) is 14.8. The summed E-state index contributed by atoms with van der Waals surface area (Å²) in [6.07, 6.45) is 3.48. The van der Waals surface area contributed by atoms with Crippen molar-refractivity contribution in [3.8, 4) is 0 Å². The predicted octanol–water partition coefficient (Wildman–Crippen LogP) is 3.82. The Kier molecular flexibility index (Phi) is 3.62. The van der Waals surface area contributed by atoms with Crippen molar-refractivity contribution < 1.29 is 8.78 Å². The SMILES string of the molecule is CNC(c1ccc(F)cc1F)c1cncc2ccccc12. The van der Waals surface area contributed by atoms with E-state index in [1.165, 1.54) is 12.1 Å². The molecule has 0 saturated carbocycles. The Morgan fingerprint density at radius 3 is 2.57 bits per heavy atom. The summed E-state index contributed by atoms with van der Waals surface area (Å²) in [6.45, 7) is 0. The van der Waals surface area contributed by atoms with Crippen molar-refractivity contribution in [1.82, 2.24) is 10.3 Å². The van der Waals surface area contributed by atoms with Crippen molar-refractivity contribution in [1.29, 1.82) is 0 Å². The highest BCUT2D eigenvalue weighted by atomic mass is 19.1. The molecule has 1 N–H and O–H groups in total. The van der Waals surface area contributed by atoms with Crippen LogP contribution in [0.4, 0.5) is 8.78 Å². The molecule has 0 amide bonds. The number of hydrogen-bond donors (Lipinski definition) is 1. The lowest BCUT2D eigenvalue weighted by atomic mass is 9.95. The first-order valence-electron chi connectivity index (χ1n) is 6.65. The van der Waals surface area contributed by atoms with Crippen molar-refractivity contribution in [2.24, 2.45) is 0 Å². The summed E-state index contributed by atoms with van der Waals surface area (Å²) >= 11 is 0. The van der Waals surface area contributed by atoms with E-state index in [-0.39, 0.29) is 6.04 Å². The average molecular weight is 284 g/mol. The molecule has 0 aliphatic carbocycles. The molecule has 3 rings (SSSR count). The fourth-order valence-electron chi connectivity index (χ4n) is 2.58. The monoisotopic (exact) mass is 284 g/mol. The lowest BCUT2D eigenvalue weighted by Gasteiger charge is -2.19. The maximum atomic E-state index is 14.1.